The largest absolute Gasteiger partial charge is 0.523 e. The second-order valence-corrected chi connectivity index (χ2v) is 10.0. The van der Waals surface area contributed by atoms with E-state index in [0.717, 1.165) is 12.1 Å². The maximum Gasteiger partial charge on any atom is 0.523 e. The summed E-state index contributed by atoms with van der Waals surface area (Å²) in [7, 11) is -11.3. The van der Waals surface area contributed by atoms with Gasteiger partial charge in [-0.1, -0.05) is 32.4 Å². The van der Waals surface area contributed by atoms with Gasteiger partial charge in [0.2, 0.25) is 0 Å². The predicted molar refractivity (Wildman–Crippen MR) is 86.7 cm³/mol. The molecule has 0 fully saturated rings. The van der Waals surface area contributed by atoms with Crippen LogP contribution in [0.5, 0.6) is 0 Å². The lowest BCUT2D eigenvalue weighted by Gasteiger charge is -2.39. The summed E-state index contributed by atoms with van der Waals surface area (Å²) in [5.41, 5.74) is -10.8. The number of benzene rings is 1. The van der Waals surface area contributed by atoms with Gasteiger partial charge in [-0.25, -0.2) is 0 Å². The van der Waals surface area contributed by atoms with E-state index in [-0.39, 0.29) is 18.4 Å². The summed E-state index contributed by atoms with van der Waals surface area (Å²) in [6.07, 6.45) is 1.36. The van der Waals surface area contributed by atoms with E-state index in [2.05, 4.69) is 3.63 Å². The summed E-state index contributed by atoms with van der Waals surface area (Å²) < 4.78 is 108. The smallest absolute Gasteiger partial charge is 0.196 e. The van der Waals surface area contributed by atoms with Gasteiger partial charge in [0.15, 0.2) is 0 Å². The topological polar surface area (TPSA) is 43.4 Å². The molecule has 3 nitrogen and oxygen atoms in total. The number of fused-ring (bicyclic) bond motifs is 1. The highest BCUT2D eigenvalue weighted by molar-refractivity contribution is 8.37. The molecule has 1 aliphatic heterocycles. The minimum atomic E-state index is -6.46. The van der Waals surface area contributed by atoms with Crippen LogP contribution in [0.2, 0.25) is 0 Å². The van der Waals surface area contributed by atoms with Crippen molar-refractivity contribution in [3.8, 4) is 0 Å². The minimum Gasteiger partial charge on any atom is -0.196 e. The maximum atomic E-state index is 14.1. The molecule has 11 heteroatoms. The van der Waals surface area contributed by atoms with Crippen molar-refractivity contribution < 1.29 is 38.4 Å². The number of allylic oxidation sites excluding steroid dienone is 1. The molecule has 2 rings (SSSR count). The number of hydrogen-bond donors (Lipinski definition) is 0. The molecule has 0 amide bonds. The molecule has 0 aromatic heterocycles. The van der Waals surface area contributed by atoms with E-state index in [9.17, 15) is 34.8 Å². The van der Waals surface area contributed by atoms with Crippen LogP contribution in [0.1, 0.15) is 37.8 Å². The third kappa shape index (κ3) is 3.36. The molecule has 0 N–H and O–H groups in total. The van der Waals surface area contributed by atoms with Gasteiger partial charge in [-0.2, -0.15) is 38.4 Å². The number of alkyl halides is 6. The Kier molecular flexibility index (Phi) is 5.48. The average Bonchev–Trinajstić information content (AvgIpc) is 2.80. The van der Waals surface area contributed by atoms with Crippen LogP contribution < -0.4 is 0 Å². The van der Waals surface area contributed by atoms with Gasteiger partial charge in [-0.05, 0) is 36.1 Å². The Morgan fingerprint density at radius 2 is 1.69 bits per heavy atom. The maximum absolute atomic E-state index is 14.1. The van der Waals surface area contributed by atoms with E-state index >= 15 is 0 Å². The first-order chi connectivity index (χ1) is 11.8. The zero-order chi connectivity index (χ0) is 20.0. The van der Waals surface area contributed by atoms with Gasteiger partial charge in [0, 0.05) is 20.1 Å². The quantitative estimate of drug-likeness (QED) is 0.440. The second-order valence-electron chi connectivity index (χ2n) is 5.56. The Hall–Kier alpha value is -1.20. The van der Waals surface area contributed by atoms with Crippen LogP contribution in [-0.4, -0.2) is 19.4 Å². The molecule has 148 valence electrons. The lowest BCUT2D eigenvalue weighted by molar-refractivity contribution is -0.0546. The third-order valence-electron chi connectivity index (χ3n) is 3.78. The zero-order valence-corrected chi connectivity index (χ0v) is 15.4. The molecule has 1 aromatic rings. The molecule has 0 saturated carbocycles. The number of halogens is 6. The fraction of sp³-hybridized carbons (Fsp3) is 0.467. The molecule has 1 aliphatic rings. The zero-order valence-electron chi connectivity index (χ0n) is 13.7. The molecule has 1 atom stereocenters. The number of aryl methyl sites for hydroxylation is 1. The molecule has 26 heavy (non-hydrogen) atoms. The molecule has 1 aromatic carbocycles. The van der Waals surface area contributed by atoms with Crippen molar-refractivity contribution in [1.29, 1.82) is 0 Å². The van der Waals surface area contributed by atoms with Crippen LogP contribution in [0, 0.1) is 0 Å². The predicted octanol–water partition coefficient (Wildman–Crippen LogP) is 5.87. The standard InChI is InChI=1S/C15H16F6O3S2/c1-3-5-12-9-11-7-6-10(4-2)8-13(11)25(12,14(16,17)18)24-26(22,23)15(19,20)21/h6-9H,3-5H2,1-2H3. The third-order valence-corrected chi connectivity index (χ3v) is 8.56. The summed E-state index contributed by atoms with van der Waals surface area (Å²) >= 11 is 0. The van der Waals surface area contributed by atoms with Gasteiger partial charge in [0.05, 0.1) is 0 Å². The van der Waals surface area contributed by atoms with Crippen molar-refractivity contribution in [2.75, 3.05) is 0 Å². The summed E-state index contributed by atoms with van der Waals surface area (Å²) in [5, 5.41) is 0. The first-order valence-corrected chi connectivity index (χ1v) is 10.5. The number of rotatable bonds is 5. The van der Waals surface area contributed by atoms with E-state index in [1.165, 1.54) is 6.07 Å². The monoisotopic (exact) mass is 422 g/mol. The van der Waals surface area contributed by atoms with Crippen molar-refractivity contribution in [3.05, 3.63) is 34.2 Å². The molecular formula is C15H16F6O3S2. The van der Waals surface area contributed by atoms with Gasteiger partial charge in [0.1, 0.15) is 0 Å². The van der Waals surface area contributed by atoms with Crippen LogP contribution in [-0.2, 0) is 20.2 Å². The summed E-state index contributed by atoms with van der Waals surface area (Å²) in [4.78, 5) is -1.04. The lowest BCUT2D eigenvalue weighted by Crippen LogP contribution is -2.32. The highest BCUT2D eigenvalue weighted by Gasteiger charge is 2.63. The van der Waals surface area contributed by atoms with Gasteiger partial charge in [-0.15, -0.1) is 0 Å². The molecular weight excluding hydrogens is 406 g/mol. The first-order valence-electron chi connectivity index (χ1n) is 7.55. The lowest BCUT2D eigenvalue weighted by atomic mass is 10.1. The van der Waals surface area contributed by atoms with Crippen LogP contribution >= 0.6 is 10.3 Å². The number of hydrogen-bond acceptors (Lipinski definition) is 3. The molecule has 0 bridgehead atoms. The van der Waals surface area contributed by atoms with Crippen LogP contribution in [0.3, 0.4) is 0 Å². The minimum absolute atomic E-state index is 0.0235. The summed E-state index contributed by atoms with van der Waals surface area (Å²) in [6, 6.07) is 3.97. The van der Waals surface area contributed by atoms with E-state index in [1.807, 2.05) is 0 Å². The Morgan fingerprint density at radius 1 is 1.08 bits per heavy atom. The van der Waals surface area contributed by atoms with Gasteiger partial charge in [-0.3, -0.25) is 0 Å². The van der Waals surface area contributed by atoms with E-state index in [1.54, 1.807) is 19.9 Å². The molecule has 0 saturated heterocycles. The van der Waals surface area contributed by atoms with E-state index in [4.69, 9.17) is 0 Å². The van der Waals surface area contributed by atoms with Crippen LogP contribution in [0.4, 0.5) is 26.3 Å². The highest BCUT2D eigenvalue weighted by Crippen LogP contribution is 2.78. The SMILES string of the molecule is CCCC1=Cc2ccc(CC)cc2S1(OS(=O)(=O)C(F)(F)F)C(F)(F)F. The van der Waals surface area contributed by atoms with Crippen molar-refractivity contribution in [3.63, 3.8) is 0 Å². The van der Waals surface area contributed by atoms with Crippen molar-refractivity contribution in [2.24, 2.45) is 0 Å². The van der Waals surface area contributed by atoms with Crippen LogP contribution in [0.15, 0.2) is 28.0 Å². The van der Waals surface area contributed by atoms with Crippen LogP contribution in [0.25, 0.3) is 6.08 Å². The Balaban J connectivity index is 2.80. The fourth-order valence-electron chi connectivity index (χ4n) is 2.59. The highest BCUT2D eigenvalue weighted by atomic mass is 32.3. The van der Waals surface area contributed by atoms with Crippen molar-refractivity contribution in [1.82, 2.24) is 0 Å². The Bertz CT molecular complexity index is 827. The molecule has 0 radical (unpaired) electrons. The molecule has 0 aliphatic carbocycles. The van der Waals surface area contributed by atoms with E-state index < -0.39 is 41.2 Å². The first kappa shape index (κ1) is 21.1. The Labute approximate surface area is 148 Å². The summed E-state index contributed by atoms with van der Waals surface area (Å²) in [6.45, 7) is 3.20. The summed E-state index contributed by atoms with van der Waals surface area (Å²) in [5.74, 6) is 0. The molecule has 0 spiro atoms. The normalized spacial score (nSPS) is 23.3. The average molecular weight is 422 g/mol. The van der Waals surface area contributed by atoms with Crippen molar-refractivity contribution >= 4 is 26.5 Å². The Morgan fingerprint density at radius 3 is 2.15 bits per heavy atom. The molecule has 1 heterocycles. The van der Waals surface area contributed by atoms with E-state index in [0.29, 0.717) is 12.0 Å². The fourth-order valence-corrected chi connectivity index (χ4v) is 7.32. The molecule has 1 unspecified atom stereocenters. The second kappa shape index (κ2) is 6.75. The van der Waals surface area contributed by atoms with Gasteiger partial charge < -0.3 is 0 Å². The van der Waals surface area contributed by atoms with Crippen molar-refractivity contribution in [2.45, 2.75) is 49.0 Å². The van der Waals surface area contributed by atoms with Gasteiger partial charge >= 0.3 is 21.1 Å². The van der Waals surface area contributed by atoms with Gasteiger partial charge in [0.25, 0.3) is 0 Å².